The Balaban J connectivity index is 1.48. The summed E-state index contributed by atoms with van der Waals surface area (Å²) in [5.41, 5.74) is 9.57. The highest BCUT2D eigenvalue weighted by molar-refractivity contribution is 6.30. The first-order chi connectivity index (χ1) is 13.8. The third kappa shape index (κ3) is 5.97. The Morgan fingerprint density at radius 2 is 2.07 bits per heavy atom. The van der Waals surface area contributed by atoms with E-state index in [9.17, 15) is 9.90 Å². The molecule has 9 atom stereocenters. The van der Waals surface area contributed by atoms with Crippen molar-refractivity contribution in [1.82, 2.24) is 15.8 Å². The van der Waals surface area contributed by atoms with E-state index in [2.05, 4.69) is 29.6 Å². The molecule has 2 aliphatic heterocycles. The Kier molecular flexibility index (Phi) is 8.47. The van der Waals surface area contributed by atoms with E-state index in [1.54, 1.807) is 0 Å². The standard InChI is InChI=1S/C20H36Cl2N4O3/c1-11-19(24-20(28)16(23)9-17(27)18-4-3-7-29-18)12(2)26(25-11)10-13-5-6-14(21)15(22)8-13/h11-19,25,27H,3-10,23H2,1-2H3,(H,24,28). The summed E-state index contributed by atoms with van der Waals surface area (Å²) in [6.07, 6.45) is 3.99. The van der Waals surface area contributed by atoms with Crippen LogP contribution in [0.4, 0.5) is 0 Å². The third-order valence-electron chi connectivity index (χ3n) is 6.71. The minimum atomic E-state index is -0.751. The van der Waals surface area contributed by atoms with Gasteiger partial charge in [0.05, 0.1) is 29.7 Å². The molecule has 9 heteroatoms. The number of carbonyl (C=O) groups is 1. The van der Waals surface area contributed by atoms with Gasteiger partial charge in [-0.25, -0.2) is 10.4 Å². The van der Waals surface area contributed by atoms with Crippen molar-refractivity contribution >= 4 is 29.1 Å². The molecule has 0 bridgehead atoms. The highest BCUT2D eigenvalue weighted by Gasteiger charge is 2.40. The molecular weight excluding hydrogens is 415 g/mol. The van der Waals surface area contributed by atoms with Gasteiger partial charge >= 0.3 is 0 Å². The molecule has 2 heterocycles. The smallest absolute Gasteiger partial charge is 0.237 e. The molecule has 0 radical (unpaired) electrons. The SMILES string of the molecule is CC1NN(CC2CCC(Cl)C(Cl)C2)C(C)C1NC(=O)C(N)CC(O)C1CCCO1. The highest BCUT2D eigenvalue weighted by Crippen LogP contribution is 2.33. The first-order valence-electron chi connectivity index (χ1n) is 10.9. The second-order valence-corrected chi connectivity index (χ2v) is 10.1. The van der Waals surface area contributed by atoms with Gasteiger partial charge in [-0.15, -0.1) is 23.2 Å². The van der Waals surface area contributed by atoms with Gasteiger partial charge in [0.15, 0.2) is 0 Å². The van der Waals surface area contributed by atoms with Crippen molar-refractivity contribution in [3.63, 3.8) is 0 Å². The first-order valence-corrected chi connectivity index (χ1v) is 11.8. The van der Waals surface area contributed by atoms with Crippen LogP contribution in [0.15, 0.2) is 0 Å². The van der Waals surface area contributed by atoms with E-state index in [0.29, 0.717) is 12.5 Å². The first kappa shape index (κ1) is 23.5. The van der Waals surface area contributed by atoms with E-state index >= 15 is 0 Å². The zero-order valence-corrected chi connectivity index (χ0v) is 18.9. The average Bonchev–Trinajstić information content (AvgIpc) is 3.29. The molecule has 29 heavy (non-hydrogen) atoms. The number of alkyl halides is 2. The van der Waals surface area contributed by atoms with E-state index in [4.69, 9.17) is 33.7 Å². The van der Waals surface area contributed by atoms with Gasteiger partial charge in [-0.3, -0.25) is 4.79 Å². The van der Waals surface area contributed by atoms with Crippen molar-refractivity contribution < 1.29 is 14.6 Å². The van der Waals surface area contributed by atoms with Crippen molar-refractivity contribution in [2.75, 3.05) is 13.2 Å². The normalized spacial score (nSPS) is 40.7. The quantitative estimate of drug-likeness (QED) is 0.436. The minimum Gasteiger partial charge on any atom is -0.390 e. The second kappa shape index (κ2) is 10.4. The summed E-state index contributed by atoms with van der Waals surface area (Å²) in [5, 5.41) is 15.7. The number of nitrogens with one attached hydrogen (secondary N) is 2. The molecule has 0 aromatic heterocycles. The Hall–Kier alpha value is -0.150. The predicted octanol–water partition coefficient (Wildman–Crippen LogP) is 1.34. The number of hydrogen-bond donors (Lipinski definition) is 4. The molecule has 0 aromatic rings. The zero-order chi connectivity index (χ0) is 21.1. The lowest BCUT2D eigenvalue weighted by Crippen LogP contribution is -2.53. The van der Waals surface area contributed by atoms with Crippen molar-refractivity contribution in [2.45, 2.75) is 99.5 Å². The summed E-state index contributed by atoms with van der Waals surface area (Å²) >= 11 is 12.6. The fourth-order valence-corrected chi connectivity index (χ4v) is 5.44. The Labute approximate surface area is 184 Å². The number of aliphatic hydroxyl groups is 1. The molecule has 1 aliphatic carbocycles. The van der Waals surface area contributed by atoms with Crippen LogP contribution in [-0.4, -0.2) is 76.3 Å². The highest BCUT2D eigenvalue weighted by atomic mass is 35.5. The number of hydrogen-bond acceptors (Lipinski definition) is 6. The number of carbonyl (C=O) groups excluding carboxylic acids is 1. The van der Waals surface area contributed by atoms with Crippen LogP contribution in [0.3, 0.4) is 0 Å². The molecule has 1 amide bonds. The lowest BCUT2D eigenvalue weighted by atomic mass is 9.88. The Morgan fingerprint density at radius 3 is 2.72 bits per heavy atom. The van der Waals surface area contributed by atoms with E-state index in [1.807, 2.05) is 0 Å². The number of rotatable bonds is 7. The lowest BCUT2D eigenvalue weighted by Gasteiger charge is -2.33. The minimum absolute atomic E-state index is 0.0227. The van der Waals surface area contributed by atoms with Crippen LogP contribution >= 0.6 is 23.2 Å². The van der Waals surface area contributed by atoms with Gasteiger partial charge in [-0.2, -0.15) is 0 Å². The maximum absolute atomic E-state index is 12.6. The Bertz CT molecular complexity index is 552. The van der Waals surface area contributed by atoms with Gasteiger partial charge < -0.3 is 20.9 Å². The van der Waals surface area contributed by atoms with Crippen LogP contribution in [0.1, 0.15) is 52.4 Å². The van der Waals surface area contributed by atoms with Gasteiger partial charge in [0, 0.05) is 30.6 Å². The molecule has 0 spiro atoms. The number of hydrazine groups is 1. The molecule has 168 valence electrons. The fourth-order valence-electron chi connectivity index (χ4n) is 4.84. The van der Waals surface area contributed by atoms with Gasteiger partial charge in [0.2, 0.25) is 5.91 Å². The zero-order valence-electron chi connectivity index (χ0n) is 17.4. The van der Waals surface area contributed by atoms with E-state index < -0.39 is 12.1 Å². The van der Waals surface area contributed by atoms with Crippen LogP contribution in [-0.2, 0) is 9.53 Å². The molecule has 3 rings (SSSR count). The molecule has 7 nitrogen and oxygen atoms in total. The number of nitrogens with zero attached hydrogens (tertiary/aromatic N) is 1. The molecule has 3 aliphatic rings. The topological polar surface area (TPSA) is 99.9 Å². The predicted molar refractivity (Wildman–Crippen MR) is 115 cm³/mol. The summed E-state index contributed by atoms with van der Waals surface area (Å²) in [6, 6.07) is -0.574. The van der Waals surface area contributed by atoms with Crippen LogP contribution in [0.2, 0.25) is 0 Å². The maximum atomic E-state index is 12.6. The molecule has 1 saturated carbocycles. The molecular formula is C20H36Cl2N4O3. The largest absolute Gasteiger partial charge is 0.390 e. The number of ether oxygens (including phenoxy) is 1. The lowest BCUT2D eigenvalue weighted by molar-refractivity contribution is -0.124. The van der Waals surface area contributed by atoms with E-state index in [1.165, 1.54) is 0 Å². The molecule has 5 N–H and O–H groups in total. The molecule has 2 saturated heterocycles. The summed E-state index contributed by atoms with van der Waals surface area (Å²) in [4.78, 5) is 12.6. The van der Waals surface area contributed by atoms with E-state index in [0.717, 1.165) is 38.6 Å². The summed E-state index contributed by atoms with van der Waals surface area (Å²) < 4.78 is 5.49. The fraction of sp³-hybridized carbons (Fsp3) is 0.950. The second-order valence-electron chi connectivity index (χ2n) is 9.02. The van der Waals surface area contributed by atoms with Crippen LogP contribution < -0.4 is 16.5 Å². The van der Waals surface area contributed by atoms with Crippen molar-refractivity contribution in [3.05, 3.63) is 0 Å². The van der Waals surface area contributed by atoms with Crippen molar-refractivity contribution in [1.29, 1.82) is 0 Å². The Morgan fingerprint density at radius 1 is 1.31 bits per heavy atom. The van der Waals surface area contributed by atoms with Crippen LogP contribution in [0.5, 0.6) is 0 Å². The maximum Gasteiger partial charge on any atom is 0.237 e. The third-order valence-corrected chi connectivity index (χ3v) is 7.84. The van der Waals surface area contributed by atoms with Crippen molar-refractivity contribution in [2.24, 2.45) is 11.7 Å². The van der Waals surface area contributed by atoms with Gasteiger partial charge in [-0.05, 0) is 58.3 Å². The molecule has 9 unspecified atom stereocenters. The molecule has 0 aromatic carbocycles. The van der Waals surface area contributed by atoms with Crippen molar-refractivity contribution in [3.8, 4) is 0 Å². The summed E-state index contributed by atoms with van der Waals surface area (Å²) in [6.45, 7) is 5.72. The van der Waals surface area contributed by atoms with Crippen LogP contribution in [0.25, 0.3) is 0 Å². The summed E-state index contributed by atoms with van der Waals surface area (Å²) in [7, 11) is 0. The monoisotopic (exact) mass is 450 g/mol. The van der Waals surface area contributed by atoms with E-state index in [-0.39, 0.29) is 47.3 Å². The molecule has 3 fully saturated rings. The number of aliphatic hydroxyl groups excluding tert-OH is 1. The van der Waals surface area contributed by atoms with Gasteiger partial charge in [0.25, 0.3) is 0 Å². The van der Waals surface area contributed by atoms with Gasteiger partial charge in [-0.1, -0.05) is 0 Å². The van der Waals surface area contributed by atoms with Crippen LogP contribution in [0, 0.1) is 5.92 Å². The number of nitrogens with two attached hydrogens (primary N) is 1. The number of amides is 1. The summed E-state index contributed by atoms with van der Waals surface area (Å²) in [5.74, 6) is 0.269. The number of halogens is 2. The average molecular weight is 451 g/mol. The van der Waals surface area contributed by atoms with Gasteiger partial charge in [0.1, 0.15) is 0 Å².